The largest absolute Gasteiger partial charge is 0.481 e. The first-order chi connectivity index (χ1) is 6.54. The molecule has 1 amide bonds. The molecule has 5 nitrogen and oxygen atoms in total. The van der Waals surface area contributed by atoms with Gasteiger partial charge in [-0.2, -0.15) is 0 Å². The summed E-state index contributed by atoms with van der Waals surface area (Å²) in [6.45, 7) is 2.89. The molecule has 0 aromatic carbocycles. The summed E-state index contributed by atoms with van der Waals surface area (Å²) >= 11 is 0. The van der Waals surface area contributed by atoms with E-state index in [2.05, 4.69) is 10.6 Å². The van der Waals surface area contributed by atoms with Crippen LogP contribution in [0.15, 0.2) is 0 Å². The Morgan fingerprint density at radius 1 is 1.57 bits per heavy atom. The molecule has 1 unspecified atom stereocenters. The van der Waals surface area contributed by atoms with Crippen LogP contribution in [0.4, 0.5) is 0 Å². The van der Waals surface area contributed by atoms with Gasteiger partial charge in [0.2, 0.25) is 5.91 Å². The Hall–Kier alpha value is -1.10. The van der Waals surface area contributed by atoms with E-state index in [1.807, 2.05) is 6.92 Å². The van der Waals surface area contributed by atoms with E-state index in [1.165, 1.54) is 0 Å². The zero-order valence-electron chi connectivity index (χ0n) is 8.30. The molecule has 0 bridgehead atoms. The Bertz CT molecular complexity index is 234. The Morgan fingerprint density at radius 2 is 2.29 bits per heavy atom. The highest BCUT2D eigenvalue weighted by molar-refractivity contribution is 5.86. The van der Waals surface area contributed by atoms with Crippen LogP contribution in [0.25, 0.3) is 0 Å². The van der Waals surface area contributed by atoms with Crippen molar-refractivity contribution in [2.75, 3.05) is 13.1 Å². The van der Waals surface area contributed by atoms with Gasteiger partial charge in [-0.25, -0.2) is 0 Å². The highest BCUT2D eigenvalue weighted by atomic mass is 16.4. The Balaban J connectivity index is 2.30. The van der Waals surface area contributed by atoms with Crippen molar-refractivity contribution in [3.8, 4) is 0 Å². The van der Waals surface area contributed by atoms with Gasteiger partial charge < -0.3 is 15.7 Å². The van der Waals surface area contributed by atoms with Crippen LogP contribution in [0.3, 0.4) is 0 Å². The van der Waals surface area contributed by atoms with Crippen LogP contribution in [0, 0.1) is 0 Å². The topological polar surface area (TPSA) is 78.4 Å². The second kappa shape index (κ2) is 4.41. The molecule has 1 heterocycles. The third kappa shape index (κ3) is 2.70. The normalized spacial score (nSPS) is 26.1. The summed E-state index contributed by atoms with van der Waals surface area (Å²) in [5, 5.41) is 14.1. The molecule has 1 aliphatic heterocycles. The predicted molar refractivity (Wildman–Crippen MR) is 50.9 cm³/mol. The summed E-state index contributed by atoms with van der Waals surface area (Å²) in [5.74, 6) is -0.994. The summed E-state index contributed by atoms with van der Waals surface area (Å²) in [6, 6.07) is 0. The molecule has 1 atom stereocenters. The molecule has 0 aliphatic carbocycles. The molecule has 1 rings (SSSR count). The number of hydrogen-bond donors (Lipinski definition) is 3. The number of carboxylic acids is 1. The first kappa shape index (κ1) is 11.0. The van der Waals surface area contributed by atoms with Gasteiger partial charge >= 0.3 is 5.97 Å². The fourth-order valence-electron chi connectivity index (χ4n) is 1.57. The first-order valence-electron chi connectivity index (χ1n) is 4.80. The fourth-order valence-corrected chi connectivity index (χ4v) is 1.57. The second-order valence-corrected chi connectivity index (χ2v) is 3.76. The zero-order valence-corrected chi connectivity index (χ0v) is 8.30. The minimum Gasteiger partial charge on any atom is -0.481 e. The van der Waals surface area contributed by atoms with Crippen molar-refractivity contribution in [1.82, 2.24) is 10.6 Å². The summed E-state index contributed by atoms with van der Waals surface area (Å²) in [7, 11) is 0. The number of carbonyl (C=O) groups is 2. The number of nitrogens with one attached hydrogen (secondary N) is 2. The Labute approximate surface area is 82.9 Å². The molecular weight excluding hydrogens is 184 g/mol. The van der Waals surface area contributed by atoms with Crippen LogP contribution in [-0.4, -0.2) is 35.6 Å². The van der Waals surface area contributed by atoms with E-state index in [9.17, 15) is 9.59 Å². The van der Waals surface area contributed by atoms with Gasteiger partial charge in [-0.1, -0.05) is 0 Å². The van der Waals surface area contributed by atoms with E-state index < -0.39 is 11.5 Å². The van der Waals surface area contributed by atoms with Crippen molar-refractivity contribution in [3.63, 3.8) is 0 Å². The van der Waals surface area contributed by atoms with Crippen LogP contribution in [0.5, 0.6) is 0 Å². The molecule has 0 spiro atoms. The Morgan fingerprint density at radius 3 is 2.79 bits per heavy atom. The molecule has 5 heteroatoms. The second-order valence-electron chi connectivity index (χ2n) is 3.76. The molecule has 1 aliphatic rings. The Kier molecular flexibility index (Phi) is 3.46. The third-order valence-electron chi connectivity index (χ3n) is 2.49. The van der Waals surface area contributed by atoms with Gasteiger partial charge in [0.1, 0.15) is 0 Å². The van der Waals surface area contributed by atoms with E-state index in [-0.39, 0.29) is 18.9 Å². The molecule has 14 heavy (non-hydrogen) atoms. The van der Waals surface area contributed by atoms with Crippen LogP contribution < -0.4 is 10.6 Å². The predicted octanol–water partition coefficient (Wildman–Crippen LogP) is -0.281. The number of carbonyl (C=O) groups excluding carboxylic acids is 1. The number of rotatable bonds is 4. The molecule has 0 radical (unpaired) electrons. The molecular formula is C9H16N2O3. The lowest BCUT2D eigenvalue weighted by molar-refractivity contribution is -0.137. The average Bonchev–Trinajstić information content (AvgIpc) is 2.52. The van der Waals surface area contributed by atoms with E-state index in [4.69, 9.17) is 5.11 Å². The molecule has 3 N–H and O–H groups in total. The van der Waals surface area contributed by atoms with E-state index >= 15 is 0 Å². The number of amides is 1. The third-order valence-corrected chi connectivity index (χ3v) is 2.49. The lowest BCUT2D eigenvalue weighted by atomic mass is 9.99. The van der Waals surface area contributed by atoms with Crippen molar-refractivity contribution < 1.29 is 14.7 Å². The van der Waals surface area contributed by atoms with E-state index in [1.54, 1.807) is 0 Å². The van der Waals surface area contributed by atoms with Crippen LogP contribution in [0.2, 0.25) is 0 Å². The molecule has 0 aromatic rings. The summed E-state index contributed by atoms with van der Waals surface area (Å²) in [4.78, 5) is 21.8. The van der Waals surface area contributed by atoms with Crippen molar-refractivity contribution in [3.05, 3.63) is 0 Å². The maximum Gasteiger partial charge on any atom is 0.305 e. The van der Waals surface area contributed by atoms with Gasteiger partial charge in [-0.05, 0) is 26.3 Å². The molecule has 1 saturated heterocycles. The SMILES string of the molecule is CC1(C(=O)NCCC(=O)O)CCCN1. The monoisotopic (exact) mass is 200 g/mol. The average molecular weight is 200 g/mol. The summed E-state index contributed by atoms with van der Waals surface area (Å²) in [6.07, 6.45) is 1.77. The minimum atomic E-state index is -0.894. The maximum absolute atomic E-state index is 11.6. The molecule has 0 aromatic heterocycles. The van der Waals surface area contributed by atoms with Crippen LogP contribution >= 0.6 is 0 Å². The molecule has 0 saturated carbocycles. The quantitative estimate of drug-likeness (QED) is 0.583. The van der Waals surface area contributed by atoms with Crippen molar-refractivity contribution in [2.24, 2.45) is 0 Å². The van der Waals surface area contributed by atoms with Gasteiger partial charge in [-0.15, -0.1) is 0 Å². The van der Waals surface area contributed by atoms with E-state index in [0.29, 0.717) is 0 Å². The number of aliphatic carboxylic acids is 1. The highest BCUT2D eigenvalue weighted by Gasteiger charge is 2.35. The number of hydrogen-bond acceptors (Lipinski definition) is 3. The fraction of sp³-hybridized carbons (Fsp3) is 0.778. The molecule has 80 valence electrons. The van der Waals surface area contributed by atoms with Gasteiger partial charge in [0.25, 0.3) is 0 Å². The van der Waals surface area contributed by atoms with Crippen molar-refractivity contribution in [2.45, 2.75) is 31.7 Å². The zero-order chi connectivity index (χ0) is 10.6. The maximum atomic E-state index is 11.6. The molecule has 1 fully saturated rings. The smallest absolute Gasteiger partial charge is 0.305 e. The van der Waals surface area contributed by atoms with Crippen molar-refractivity contribution >= 4 is 11.9 Å². The van der Waals surface area contributed by atoms with Gasteiger partial charge in [0.15, 0.2) is 0 Å². The van der Waals surface area contributed by atoms with Gasteiger partial charge in [-0.3, -0.25) is 9.59 Å². The highest BCUT2D eigenvalue weighted by Crippen LogP contribution is 2.18. The summed E-state index contributed by atoms with van der Waals surface area (Å²) < 4.78 is 0. The van der Waals surface area contributed by atoms with Crippen LogP contribution in [0.1, 0.15) is 26.2 Å². The minimum absolute atomic E-state index is 0.0260. The van der Waals surface area contributed by atoms with Gasteiger partial charge in [0.05, 0.1) is 12.0 Å². The van der Waals surface area contributed by atoms with Gasteiger partial charge in [0, 0.05) is 6.54 Å². The van der Waals surface area contributed by atoms with E-state index in [0.717, 1.165) is 19.4 Å². The first-order valence-corrected chi connectivity index (χ1v) is 4.80. The van der Waals surface area contributed by atoms with Crippen LogP contribution in [-0.2, 0) is 9.59 Å². The lowest BCUT2D eigenvalue weighted by Crippen LogP contribution is -2.51. The summed E-state index contributed by atoms with van der Waals surface area (Å²) in [5.41, 5.74) is -0.501. The van der Waals surface area contributed by atoms with Crippen molar-refractivity contribution in [1.29, 1.82) is 0 Å². The standard InChI is InChI=1S/C9H16N2O3/c1-9(4-2-5-11-9)8(14)10-6-3-7(12)13/h11H,2-6H2,1H3,(H,10,14)(H,12,13). The lowest BCUT2D eigenvalue weighted by Gasteiger charge is -2.22. The number of carboxylic acid groups (broad SMARTS) is 1.